The van der Waals surface area contributed by atoms with Crippen molar-refractivity contribution < 1.29 is 9.59 Å². The van der Waals surface area contributed by atoms with Gasteiger partial charge in [-0.2, -0.15) is 0 Å². The van der Waals surface area contributed by atoms with Crippen LogP contribution in [0.25, 0.3) is 0 Å². The van der Waals surface area contributed by atoms with Gasteiger partial charge in [-0.05, 0) is 29.8 Å². The molecule has 0 saturated carbocycles. The summed E-state index contributed by atoms with van der Waals surface area (Å²) >= 11 is 1.51. The van der Waals surface area contributed by atoms with E-state index in [1.165, 1.54) is 16.7 Å². The summed E-state index contributed by atoms with van der Waals surface area (Å²) in [6.07, 6.45) is 0. The van der Waals surface area contributed by atoms with Gasteiger partial charge in [0.1, 0.15) is 5.25 Å². The van der Waals surface area contributed by atoms with Crippen LogP contribution in [-0.2, 0) is 4.79 Å². The summed E-state index contributed by atoms with van der Waals surface area (Å²) in [6.45, 7) is 0. The maximum absolute atomic E-state index is 12.9. The van der Waals surface area contributed by atoms with Gasteiger partial charge in [0.15, 0.2) is 0 Å². The largest absolute Gasteiger partial charge is 0.273 e. The summed E-state index contributed by atoms with van der Waals surface area (Å²) in [5, 5.41) is -0.299. The highest BCUT2D eigenvalue weighted by atomic mass is 32.2. The van der Waals surface area contributed by atoms with E-state index in [2.05, 4.69) is 0 Å². The molecule has 128 valence electrons. The molecule has 1 heterocycles. The van der Waals surface area contributed by atoms with Gasteiger partial charge in [-0.1, -0.05) is 66.7 Å². The lowest BCUT2D eigenvalue weighted by atomic mass is 9.92. The number of thioether (sulfide) groups is 1. The fourth-order valence-electron chi connectivity index (χ4n) is 3.14. The quantitative estimate of drug-likeness (QED) is 0.506. The van der Waals surface area contributed by atoms with Crippen molar-refractivity contribution >= 4 is 23.6 Å². The number of β-lactam (4-membered cyclic amide) rings is 1. The summed E-state index contributed by atoms with van der Waals surface area (Å²) < 4.78 is 0. The first-order valence-electron chi connectivity index (χ1n) is 8.45. The lowest BCUT2D eigenvalue weighted by Gasteiger charge is -2.45. The second kappa shape index (κ2) is 7.18. The molecule has 1 saturated heterocycles. The van der Waals surface area contributed by atoms with Gasteiger partial charge < -0.3 is 0 Å². The normalized spacial score (nSPS) is 19.1. The second-order valence-electron chi connectivity index (χ2n) is 6.09. The zero-order chi connectivity index (χ0) is 17.9. The zero-order valence-electron chi connectivity index (χ0n) is 14.0. The van der Waals surface area contributed by atoms with E-state index in [4.69, 9.17) is 0 Å². The first-order valence-corrected chi connectivity index (χ1v) is 9.33. The van der Waals surface area contributed by atoms with Crippen molar-refractivity contribution in [3.8, 4) is 0 Å². The van der Waals surface area contributed by atoms with E-state index >= 15 is 0 Å². The van der Waals surface area contributed by atoms with Gasteiger partial charge in [-0.15, -0.1) is 11.8 Å². The molecule has 1 fully saturated rings. The maximum Gasteiger partial charge on any atom is 0.261 e. The second-order valence-corrected chi connectivity index (χ2v) is 7.30. The Labute approximate surface area is 156 Å². The smallest absolute Gasteiger partial charge is 0.261 e. The number of nitrogens with zero attached hydrogens (tertiary/aromatic N) is 1. The van der Waals surface area contributed by atoms with Crippen molar-refractivity contribution in [3.05, 3.63) is 102 Å². The van der Waals surface area contributed by atoms with Crippen LogP contribution in [0.15, 0.2) is 95.9 Å². The molecular weight excluding hydrogens is 342 g/mol. The van der Waals surface area contributed by atoms with Crippen LogP contribution in [0, 0.1) is 0 Å². The van der Waals surface area contributed by atoms with Gasteiger partial charge in [0, 0.05) is 10.5 Å². The molecule has 4 rings (SSSR count). The average molecular weight is 359 g/mol. The number of carbonyl (C=O) groups is 2. The predicted molar refractivity (Wildman–Crippen MR) is 103 cm³/mol. The number of amides is 2. The van der Waals surface area contributed by atoms with Crippen LogP contribution in [0.5, 0.6) is 0 Å². The van der Waals surface area contributed by atoms with Crippen molar-refractivity contribution in [2.75, 3.05) is 0 Å². The Kier molecular flexibility index (Phi) is 4.59. The van der Waals surface area contributed by atoms with Crippen LogP contribution in [-0.4, -0.2) is 22.0 Å². The highest BCUT2D eigenvalue weighted by molar-refractivity contribution is 8.00. The van der Waals surface area contributed by atoms with E-state index in [9.17, 15) is 9.59 Å². The Morgan fingerprint density at radius 1 is 0.769 bits per heavy atom. The van der Waals surface area contributed by atoms with Crippen LogP contribution >= 0.6 is 11.8 Å². The molecule has 2 atom stereocenters. The van der Waals surface area contributed by atoms with Gasteiger partial charge >= 0.3 is 0 Å². The lowest BCUT2D eigenvalue weighted by Crippen LogP contribution is -2.59. The van der Waals surface area contributed by atoms with Gasteiger partial charge in [0.25, 0.3) is 5.91 Å². The number of benzene rings is 3. The summed E-state index contributed by atoms with van der Waals surface area (Å²) in [7, 11) is 0. The molecule has 1 aliphatic heterocycles. The fraction of sp³-hybridized carbons (Fsp3) is 0.0909. The molecular formula is C22H17NO2S. The monoisotopic (exact) mass is 359 g/mol. The first-order chi connectivity index (χ1) is 12.8. The average Bonchev–Trinajstić information content (AvgIpc) is 2.71. The molecule has 2 amide bonds. The Morgan fingerprint density at radius 2 is 1.31 bits per heavy atom. The minimum absolute atomic E-state index is 0.137. The number of rotatable bonds is 4. The van der Waals surface area contributed by atoms with Crippen molar-refractivity contribution in [2.45, 2.75) is 16.2 Å². The highest BCUT2D eigenvalue weighted by Gasteiger charge is 2.51. The van der Waals surface area contributed by atoms with Crippen LogP contribution in [0.1, 0.15) is 22.0 Å². The minimum Gasteiger partial charge on any atom is -0.273 e. The molecule has 3 aromatic rings. The molecule has 4 heteroatoms. The number of likely N-dealkylation sites (tertiary alicyclic amines) is 1. The molecule has 0 spiro atoms. The van der Waals surface area contributed by atoms with Gasteiger partial charge in [0.2, 0.25) is 5.91 Å². The SMILES string of the molecule is O=C(c1ccccc1)N1C(=O)[C@@H](Sc2ccccc2)[C@@H]1c1ccccc1. The minimum atomic E-state index is -0.299. The third-order valence-electron chi connectivity index (χ3n) is 4.43. The summed E-state index contributed by atoms with van der Waals surface area (Å²) in [5.74, 6) is -0.379. The molecule has 0 N–H and O–H groups in total. The van der Waals surface area contributed by atoms with Crippen LogP contribution < -0.4 is 0 Å². The van der Waals surface area contributed by atoms with Gasteiger partial charge in [0.05, 0.1) is 6.04 Å². The summed E-state index contributed by atoms with van der Waals surface area (Å²) in [6, 6.07) is 28.3. The van der Waals surface area contributed by atoms with Crippen molar-refractivity contribution in [1.82, 2.24) is 4.90 Å². The topological polar surface area (TPSA) is 37.4 Å². The van der Waals surface area contributed by atoms with Crippen molar-refractivity contribution in [2.24, 2.45) is 0 Å². The Bertz CT molecular complexity index is 913. The predicted octanol–water partition coefficient (Wildman–Crippen LogP) is 4.57. The standard InChI is InChI=1S/C22H17NO2S/c24-21(17-12-6-2-7-13-17)23-19(16-10-4-1-5-11-16)20(22(23)25)26-18-14-8-3-9-15-18/h1-15,19-20H/t19-,20-/m0/s1. The molecule has 0 aliphatic carbocycles. The highest BCUT2D eigenvalue weighted by Crippen LogP contribution is 2.45. The molecule has 1 aliphatic rings. The maximum atomic E-state index is 12.9. The molecule has 3 aromatic carbocycles. The summed E-state index contributed by atoms with van der Waals surface area (Å²) in [5.41, 5.74) is 1.51. The fourth-order valence-corrected chi connectivity index (χ4v) is 4.37. The number of imide groups is 1. The van der Waals surface area contributed by atoms with E-state index < -0.39 is 0 Å². The van der Waals surface area contributed by atoms with E-state index in [0.29, 0.717) is 5.56 Å². The third kappa shape index (κ3) is 3.04. The van der Waals surface area contributed by atoms with E-state index in [1.807, 2.05) is 78.9 Å². The van der Waals surface area contributed by atoms with Crippen LogP contribution in [0.2, 0.25) is 0 Å². The van der Waals surface area contributed by atoms with Gasteiger partial charge in [-0.25, -0.2) is 0 Å². The van der Waals surface area contributed by atoms with Crippen molar-refractivity contribution in [3.63, 3.8) is 0 Å². The number of hydrogen-bond acceptors (Lipinski definition) is 3. The summed E-state index contributed by atoms with van der Waals surface area (Å²) in [4.78, 5) is 28.2. The Balaban J connectivity index is 1.66. The van der Waals surface area contributed by atoms with E-state index in [-0.39, 0.29) is 23.1 Å². The Morgan fingerprint density at radius 3 is 1.92 bits per heavy atom. The van der Waals surface area contributed by atoms with E-state index in [1.54, 1.807) is 12.1 Å². The molecule has 26 heavy (non-hydrogen) atoms. The lowest BCUT2D eigenvalue weighted by molar-refractivity contribution is -0.140. The molecule has 3 nitrogen and oxygen atoms in total. The first kappa shape index (κ1) is 16.6. The molecule has 0 radical (unpaired) electrons. The van der Waals surface area contributed by atoms with Crippen LogP contribution in [0.3, 0.4) is 0 Å². The van der Waals surface area contributed by atoms with Crippen LogP contribution in [0.4, 0.5) is 0 Å². The number of carbonyl (C=O) groups excluding carboxylic acids is 2. The van der Waals surface area contributed by atoms with Crippen molar-refractivity contribution in [1.29, 1.82) is 0 Å². The van der Waals surface area contributed by atoms with Gasteiger partial charge in [-0.3, -0.25) is 14.5 Å². The number of hydrogen-bond donors (Lipinski definition) is 0. The molecule has 0 aromatic heterocycles. The third-order valence-corrected chi connectivity index (χ3v) is 5.69. The molecule has 0 unspecified atom stereocenters. The molecule has 0 bridgehead atoms. The Hall–Kier alpha value is -2.85. The zero-order valence-corrected chi connectivity index (χ0v) is 14.8. The van der Waals surface area contributed by atoms with E-state index in [0.717, 1.165) is 10.5 Å².